The number of carboxylic acid groups (broad SMARTS) is 1. The van der Waals surface area contributed by atoms with Crippen LogP contribution in [-0.4, -0.2) is 65.4 Å². The molecule has 8 heteroatoms. The van der Waals surface area contributed by atoms with Crippen molar-refractivity contribution in [3.63, 3.8) is 0 Å². The number of nitrogens with one attached hydrogen (secondary N) is 1. The molecule has 1 unspecified atom stereocenters. The SMILES string of the molecule is CC[C@@H](CC(=O)N1C(C(=O)O)C[C@H]2OCC[C@H]21)NC(=O)OCC1c2ccccc2-c2ccccc21. The van der Waals surface area contributed by atoms with Gasteiger partial charge in [-0.15, -0.1) is 0 Å². The zero-order valence-electron chi connectivity index (χ0n) is 19.7. The number of aliphatic carboxylic acids is 1. The molecule has 184 valence electrons. The normalized spacial score (nSPS) is 23.3. The van der Waals surface area contributed by atoms with Gasteiger partial charge in [-0.1, -0.05) is 55.5 Å². The lowest BCUT2D eigenvalue weighted by Gasteiger charge is -2.28. The number of hydrogen-bond acceptors (Lipinski definition) is 5. The van der Waals surface area contributed by atoms with Gasteiger partial charge in [-0.2, -0.15) is 0 Å². The summed E-state index contributed by atoms with van der Waals surface area (Å²) in [5, 5.41) is 12.4. The average molecular weight is 479 g/mol. The Morgan fingerprint density at radius 2 is 1.77 bits per heavy atom. The molecular weight excluding hydrogens is 448 g/mol. The third kappa shape index (κ3) is 4.38. The predicted molar refractivity (Wildman–Crippen MR) is 128 cm³/mol. The molecule has 1 aliphatic carbocycles. The van der Waals surface area contributed by atoms with Crippen molar-refractivity contribution < 1.29 is 29.0 Å². The van der Waals surface area contributed by atoms with Gasteiger partial charge in [0.05, 0.1) is 12.1 Å². The van der Waals surface area contributed by atoms with E-state index in [1.54, 1.807) is 0 Å². The highest BCUT2D eigenvalue weighted by atomic mass is 16.5. The molecule has 2 amide bonds. The minimum absolute atomic E-state index is 0.0215. The Kier molecular flexibility index (Phi) is 6.47. The van der Waals surface area contributed by atoms with Crippen molar-refractivity contribution in [2.24, 2.45) is 0 Å². The number of rotatable bonds is 7. The van der Waals surface area contributed by atoms with Gasteiger partial charge < -0.3 is 24.8 Å². The molecule has 0 spiro atoms. The lowest BCUT2D eigenvalue weighted by atomic mass is 9.98. The molecule has 2 aliphatic heterocycles. The Morgan fingerprint density at radius 3 is 2.40 bits per heavy atom. The summed E-state index contributed by atoms with van der Waals surface area (Å²) < 4.78 is 11.2. The van der Waals surface area contributed by atoms with Gasteiger partial charge >= 0.3 is 12.1 Å². The number of ether oxygens (including phenoxy) is 2. The number of carbonyl (C=O) groups excluding carboxylic acids is 2. The number of fused-ring (bicyclic) bond motifs is 4. The molecule has 2 aromatic rings. The van der Waals surface area contributed by atoms with E-state index in [0.29, 0.717) is 25.9 Å². The van der Waals surface area contributed by atoms with Crippen LogP contribution >= 0.6 is 0 Å². The average Bonchev–Trinajstić information content (AvgIpc) is 3.54. The van der Waals surface area contributed by atoms with Crippen LogP contribution in [0.25, 0.3) is 11.1 Å². The summed E-state index contributed by atoms with van der Waals surface area (Å²) in [6, 6.07) is 14.7. The van der Waals surface area contributed by atoms with Crippen LogP contribution in [0.1, 0.15) is 49.7 Å². The van der Waals surface area contributed by atoms with E-state index in [1.165, 1.54) is 4.90 Å². The predicted octanol–water partition coefficient (Wildman–Crippen LogP) is 3.54. The van der Waals surface area contributed by atoms with Gasteiger partial charge in [0.1, 0.15) is 12.6 Å². The topological polar surface area (TPSA) is 105 Å². The second kappa shape index (κ2) is 9.70. The van der Waals surface area contributed by atoms with Gasteiger partial charge in [0.2, 0.25) is 5.91 Å². The summed E-state index contributed by atoms with van der Waals surface area (Å²) in [4.78, 5) is 39.0. The summed E-state index contributed by atoms with van der Waals surface area (Å²) in [6.45, 7) is 2.60. The van der Waals surface area contributed by atoms with Gasteiger partial charge in [-0.25, -0.2) is 9.59 Å². The molecule has 2 N–H and O–H groups in total. The van der Waals surface area contributed by atoms with Crippen LogP contribution in [0.15, 0.2) is 48.5 Å². The van der Waals surface area contributed by atoms with Crippen molar-refractivity contribution in [2.45, 2.75) is 62.8 Å². The zero-order chi connectivity index (χ0) is 24.5. The van der Waals surface area contributed by atoms with Crippen LogP contribution in [0.4, 0.5) is 4.79 Å². The fourth-order valence-corrected chi connectivity index (χ4v) is 5.74. The fourth-order valence-electron chi connectivity index (χ4n) is 5.74. The van der Waals surface area contributed by atoms with Crippen LogP contribution in [0, 0.1) is 0 Å². The second-order valence-corrected chi connectivity index (χ2v) is 9.44. The third-order valence-electron chi connectivity index (χ3n) is 7.48. The number of nitrogens with zero attached hydrogens (tertiary/aromatic N) is 1. The van der Waals surface area contributed by atoms with E-state index in [9.17, 15) is 19.5 Å². The maximum absolute atomic E-state index is 13.1. The number of hydrogen-bond donors (Lipinski definition) is 2. The monoisotopic (exact) mass is 478 g/mol. The van der Waals surface area contributed by atoms with Crippen LogP contribution < -0.4 is 5.32 Å². The van der Waals surface area contributed by atoms with Gasteiger partial charge in [-0.3, -0.25) is 4.79 Å². The smallest absolute Gasteiger partial charge is 0.407 e. The van der Waals surface area contributed by atoms with Crippen molar-refractivity contribution in [3.8, 4) is 11.1 Å². The number of carbonyl (C=O) groups is 3. The molecule has 0 radical (unpaired) electrons. The first kappa shape index (κ1) is 23.4. The molecule has 8 nitrogen and oxygen atoms in total. The maximum Gasteiger partial charge on any atom is 0.407 e. The molecule has 4 atom stereocenters. The van der Waals surface area contributed by atoms with Gasteiger partial charge in [0.15, 0.2) is 0 Å². The maximum atomic E-state index is 13.1. The highest BCUT2D eigenvalue weighted by Crippen LogP contribution is 2.44. The Balaban J connectivity index is 1.20. The Bertz CT molecular complexity index is 1090. The number of benzene rings is 2. The first-order chi connectivity index (χ1) is 17.0. The minimum Gasteiger partial charge on any atom is -0.480 e. The lowest BCUT2D eigenvalue weighted by Crippen LogP contribution is -2.48. The van der Waals surface area contributed by atoms with E-state index in [1.807, 2.05) is 31.2 Å². The van der Waals surface area contributed by atoms with Crippen molar-refractivity contribution in [1.29, 1.82) is 0 Å². The Hall–Kier alpha value is -3.39. The van der Waals surface area contributed by atoms with E-state index >= 15 is 0 Å². The standard InChI is InChI=1S/C27H30N2O6/c1-2-16(13-25(30)29-22-11-12-34-24(22)14-23(29)26(31)32)28-27(33)35-15-21-19-9-5-3-7-17(19)18-8-4-6-10-20(18)21/h3-10,16,21-24H,2,11-15H2,1H3,(H,28,33)(H,31,32)/t16-,22+,23?,24+/m0/s1. The number of likely N-dealkylation sites (tertiary alicyclic amines) is 1. The summed E-state index contributed by atoms with van der Waals surface area (Å²) in [6.07, 6.45) is 0.680. The first-order valence-electron chi connectivity index (χ1n) is 12.2. The third-order valence-corrected chi connectivity index (χ3v) is 7.48. The van der Waals surface area contributed by atoms with Gasteiger partial charge in [-0.05, 0) is 35.1 Å². The summed E-state index contributed by atoms with van der Waals surface area (Å²) in [5.41, 5.74) is 4.57. The molecule has 3 aliphatic rings. The summed E-state index contributed by atoms with van der Waals surface area (Å²) in [5.74, 6) is -1.34. The highest BCUT2D eigenvalue weighted by Gasteiger charge is 2.49. The van der Waals surface area contributed by atoms with Gasteiger partial charge in [0, 0.05) is 31.4 Å². The molecule has 0 aromatic heterocycles. The van der Waals surface area contributed by atoms with E-state index in [-0.39, 0.29) is 37.0 Å². The molecule has 0 saturated carbocycles. The fraction of sp³-hybridized carbons (Fsp3) is 0.444. The van der Waals surface area contributed by atoms with Crippen molar-refractivity contribution in [3.05, 3.63) is 59.7 Å². The molecule has 2 saturated heterocycles. The summed E-state index contributed by atoms with van der Waals surface area (Å²) >= 11 is 0. The lowest BCUT2D eigenvalue weighted by molar-refractivity contribution is -0.149. The molecule has 5 rings (SSSR count). The van der Waals surface area contributed by atoms with Crippen molar-refractivity contribution in [1.82, 2.24) is 10.2 Å². The Morgan fingerprint density at radius 1 is 1.11 bits per heavy atom. The van der Waals surface area contributed by atoms with Crippen LogP contribution in [0.2, 0.25) is 0 Å². The molecule has 2 aromatic carbocycles. The molecule has 0 bridgehead atoms. The minimum atomic E-state index is -1.02. The number of carboxylic acids is 1. The summed E-state index contributed by atoms with van der Waals surface area (Å²) in [7, 11) is 0. The molecule has 2 heterocycles. The van der Waals surface area contributed by atoms with E-state index in [0.717, 1.165) is 22.3 Å². The first-order valence-corrected chi connectivity index (χ1v) is 12.2. The zero-order valence-corrected chi connectivity index (χ0v) is 19.7. The van der Waals surface area contributed by atoms with E-state index < -0.39 is 24.1 Å². The quantitative estimate of drug-likeness (QED) is 0.631. The van der Waals surface area contributed by atoms with Crippen molar-refractivity contribution in [2.75, 3.05) is 13.2 Å². The Labute approximate surface area is 204 Å². The molecular formula is C27H30N2O6. The van der Waals surface area contributed by atoms with Gasteiger partial charge in [0.25, 0.3) is 0 Å². The number of alkyl carbamates (subject to hydrolysis) is 1. The molecule has 35 heavy (non-hydrogen) atoms. The number of amides is 2. The van der Waals surface area contributed by atoms with Crippen LogP contribution in [0.3, 0.4) is 0 Å². The van der Waals surface area contributed by atoms with Crippen molar-refractivity contribution >= 4 is 18.0 Å². The molecule has 2 fully saturated rings. The largest absolute Gasteiger partial charge is 0.480 e. The van der Waals surface area contributed by atoms with Crippen LogP contribution in [-0.2, 0) is 19.1 Å². The van der Waals surface area contributed by atoms with Crippen LogP contribution in [0.5, 0.6) is 0 Å². The highest BCUT2D eigenvalue weighted by molar-refractivity contribution is 5.85. The second-order valence-electron chi connectivity index (χ2n) is 9.44. The van der Waals surface area contributed by atoms with E-state index in [2.05, 4.69) is 29.6 Å². The van der Waals surface area contributed by atoms with E-state index in [4.69, 9.17) is 9.47 Å².